The lowest BCUT2D eigenvalue weighted by molar-refractivity contribution is 0.102. The van der Waals surface area contributed by atoms with Gasteiger partial charge in [0.05, 0.1) is 5.56 Å². The van der Waals surface area contributed by atoms with Crippen molar-refractivity contribution in [2.45, 2.75) is 6.92 Å². The van der Waals surface area contributed by atoms with E-state index < -0.39 is 11.7 Å². The summed E-state index contributed by atoms with van der Waals surface area (Å²) in [5.41, 5.74) is 6.05. The Balaban J connectivity index is 2.30. The second-order valence-corrected chi connectivity index (χ2v) is 4.20. The average Bonchev–Trinajstić information content (AvgIpc) is 2.33. The molecular formula is C12H10ClFN4O. The highest BCUT2D eigenvalue weighted by Gasteiger charge is 2.15. The number of hydrogen-bond acceptors (Lipinski definition) is 4. The predicted molar refractivity (Wildman–Crippen MR) is 70.5 cm³/mol. The maximum absolute atomic E-state index is 13.8. The number of benzene rings is 1. The summed E-state index contributed by atoms with van der Waals surface area (Å²) in [4.78, 5) is 19.4. The number of halogens is 2. The molecule has 1 aromatic heterocycles. The normalized spacial score (nSPS) is 10.3. The fourth-order valence-corrected chi connectivity index (χ4v) is 1.70. The minimum absolute atomic E-state index is 0.0120. The zero-order valence-corrected chi connectivity index (χ0v) is 10.7. The molecule has 2 aromatic rings. The number of carbonyl (C=O) groups excluding carboxylic acids is 1. The molecule has 3 N–H and O–H groups in total. The first-order valence-electron chi connectivity index (χ1n) is 5.33. The fraction of sp³-hybridized carbons (Fsp3) is 0.0833. The third-order valence-electron chi connectivity index (χ3n) is 2.39. The molecule has 0 saturated heterocycles. The molecule has 0 aliphatic heterocycles. The Morgan fingerprint density at radius 1 is 1.47 bits per heavy atom. The lowest BCUT2D eigenvalue weighted by Gasteiger charge is -2.08. The molecule has 0 saturated carbocycles. The van der Waals surface area contributed by atoms with Crippen molar-refractivity contribution in [1.82, 2.24) is 9.97 Å². The highest BCUT2D eigenvalue weighted by Crippen LogP contribution is 2.18. The maximum atomic E-state index is 13.8. The second kappa shape index (κ2) is 5.19. The van der Waals surface area contributed by atoms with Crippen molar-refractivity contribution in [3.05, 3.63) is 46.6 Å². The monoisotopic (exact) mass is 280 g/mol. The van der Waals surface area contributed by atoms with Gasteiger partial charge in [-0.15, -0.1) is 0 Å². The van der Waals surface area contributed by atoms with Gasteiger partial charge in [-0.05, 0) is 42.3 Å². The number of aryl methyl sites for hydroxylation is 1. The number of carbonyl (C=O) groups is 1. The van der Waals surface area contributed by atoms with E-state index >= 15 is 0 Å². The highest BCUT2D eigenvalue weighted by molar-refractivity contribution is 6.28. The van der Waals surface area contributed by atoms with Gasteiger partial charge in [-0.2, -0.15) is 0 Å². The molecule has 1 heterocycles. The number of rotatable bonds is 2. The van der Waals surface area contributed by atoms with Gasteiger partial charge in [0.2, 0.25) is 5.28 Å². The lowest BCUT2D eigenvalue weighted by Crippen LogP contribution is -2.16. The zero-order valence-electron chi connectivity index (χ0n) is 9.95. The van der Waals surface area contributed by atoms with Crippen molar-refractivity contribution < 1.29 is 9.18 Å². The van der Waals surface area contributed by atoms with Crippen LogP contribution in [0.4, 0.5) is 15.9 Å². The number of nitrogens with zero attached hydrogens (tertiary/aromatic N) is 2. The van der Waals surface area contributed by atoms with Crippen molar-refractivity contribution in [2.75, 3.05) is 11.1 Å². The summed E-state index contributed by atoms with van der Waals surface area (Å²) >= 11 is 5.59. The Hall–Kier alpha value is -2.21. The molecule has 2 rings (SSSR count). The Labute approximate surface area is 113 Å². The van der Waals surface area contributed by atoms with Gasteiger partial charge in [0.25, 0.3) is 5.91 Å². The third-order valence-corrected chi connectivity index (χ3v) is 2.57. The highest BCUT2D eigenvalue weighted by atomic mass is 35.5. The molecule has 0 bridgehead atoms. The van der Waals surface area contributed by atoms with Gasteiger partial charge in [-0.1, -0.05) is 0 Å². The van der Waals surface area contributed by atoms with Crippen LogP contribution in [0.2, 0.25) is 5.28 Å². The van der Waals surface area contributed by atoms with E-state index in [4.69, 9.17) is 17.3 Å². The molecule has 5 nitrogen and oxygen atoms in total. The summed E-state index contributed by atoms with van der Waals surface area (Å²) < 4.78 is 13.8. The van der Waals surface area contributed by atoms with Gasteiger partial charge >= 0.3 is 0 Å². The molecule has 0 spiro atoms. The van der Waals surface area contributed by atoms with E-state index in [1.165, 1.54) is 31.3 Å². The van der Waals surface area contributed by atoms with Gasteiger partial charge in [0, 0.05) is 11.9 Å². The first kappa shape index (κ1) is 13.2. The summed E-state index contributed by atoms with van der Waals surface area (Å²) in [6.45, 7) is 1.53. The lowest BCUT2D eigenvalue weighted by atomic mass is 10.1. The molecule has 0 unspecified atom stereocenters. The topological polar surface area (TPSA) is 80.9 Å². The van der Waals surface area contributed by atoms with Gasteiger partial charge in [-0.3, -0.25) is 4.79 Å². The molecule has 0 radical (unpaired) electrons. The molecule has 7 heteroatoms. The first-order valence-corrected chi connectivity index (χ1v) is 5.70. The van der Waals surface area contributed by atoms with Crippen LogP contribution in [-0.4, -0.2) is 15.9 Å². The first-order chi connectivity index (χ1) is 8.97. The Kier molecular flexibility index (Phi) is 3.62. The minimum atomic E-state index is -0.650. The van der Waals surface area contributed by atoms with Crippen LogP contribution >= 0.6 is 11.6 Å². The minimum Gasteiger partial charge on any atom is -0.399 e. The number of nitrogens with two attached hydrogens (primary N) is 1. The van der Waals surface area contributed by atoms with E-state index in [2.05, 4.69) is 15.3 Å². The van der Waals surface area contributed by atoms with Crippen molar-refractivity contribution in [2.24, 2.45) is 0 Å². The van der Waals surface area contributed by atoms with Crippen molar-refractivity contribution >= 4 is 29.0 Å². The van der Waals surface area contributed by atoms with Crippen LogP contribution in [0.3, 0.4) is 0 Å². The van der Waals surface area contributed by atoms with E-state index in [1.807, 2.05) is 0 Å². The van der Waals surface area contributed by atoms with Crippen LogP contribution in [0.5, 0.6) is 0 Å². The van der Waals surface area contributed by atoms with Gasteiger partial charge in [0.1, 0.15) is 11.6 Å². The molecule has 19 heavy (non-hydrogen) atoms. The molecule has 98 valence electrons. The molecular weight excluding hydrogens is 271 g/mol. The number of nitrogen functional groups attached to an aromatic ring is 1. The van der Waals surface area contributed by atoms with Crippen LogP contribution in [-0.2, 0) is 0 Å². The SMILES string of the molecule is Cc1cc(N)cc(C(=O)Nc2ccnc(Cl)n2)c1F. The Bertz CT molecular complexity index is 648. The second-order valence-electron chi connectivity index (χ2n) is 3.86. The Morgan fingerprint density at radius 3 is 2.89 bits per heavy atom. The number of nitrogens with one attached hydrogen (secondary N) is 1. The standard InChI is InChI=1S/C12H10ClFN4O/c1-6-4-7(15)5-8(10(6)14)11(19)17-9-2-3-16-12(13)18-9/h2-5H,15H2,1H3,(H,16,17,18,19). The van der Waals surface area contributed by atoms with E-state index in [9.17, 15) is 9.18 Å². The van der Waals surface area contributed by atoms with E-state index in [1.54, 1.807) is 0 Å². The molecule has 0 atom stereocenters. The summed E-state index contributed by atoms with van der Waals surface area (Å²) in [6, 6.07) is 4.16. The molecule has 1 aromatic carbocycles. The fourth-order valence-electron chi connectivity index (χ4n) is 1.55. The van der Waals surface area contributed by atoms with Gasteiger partial charge in [0.15, 0.2) is 0 Å². The number of aromatic nitrogens is 2. The van der Waals surface area contributed by atoms with E-state index in [0.717, 1.165) is 0 Å². The predicted octanol–water partition coefficient (Wildman–Crippen LogP) is 2.41. The molecule has 0 fully saturated rings. The number of anilines is 2. The van der Waals surface area contributed by atoms with Crippen LogP contribution < -0.4 is 11.1 Å². The van der Waals surface area contributed by atoms with Crippen molar-refractivity contribution in [1.29, 1.82) is 0 Å². The van der Waals surface area contributed by atoms with Crippen molar-refractivity contribution in [3.8, 4) is 0 Å². The quantitative estimate of drug-likeness (QED) is 0.654. The number of hydrogen-bond donors (Lipinski definition) is 2. The molecule has 0 aliphatic carbocycles. The van der Waals surface area contributed by atoms with Crippen LogP contribution in [0.25, 0.3) is 0 Å². The van der Waals surface area contributed by atoms with Gasteiger partial charge < -0.3 is 11.1 Å². The van der Waals surface area contributed by atoms with E-state index in [0.29, 0.717) is 11.3 Å². The molecule has 0 aliphatic rings. The Morgan fingerprint density at radius 2 is 2.21 bits per heavy atom. The van der Waals surface area contributed by atoms with Crippen molar-refractivity contribution in [3.63, 3.8) is 0 Å². The summed E-state index contributed by atoms with van der Waals surface area (Å²) in [7, 11) is 0. The smallest absolute Gasteiger partial charge is 0.259 e. The maximum Gasteiger partial charge on any atom is 0.259 e. The van der Waals surface area contributed by atoms with E-state index in [-0.39, 0.29) is 16.7 Å². The summed E-state index contributed by atoms with van der Waals surface area (Å²) in [5.74, 6) is -1.08. The summed E-state index contributed by atoms with van der Waals surface area (Å²) in [5, 5.41) is 2.41. The van der Waals surface area contributed by atoms with Crippen LogP contribution in [0.15, 0.2) is 24.4 Å². The zero-order chi connectivity index (χ0) is 14.0. The van der Waals surface area contributed by atoms with Crippen LogP contribution in [0, 0.1) is 12.7 Å². The largest absolute Gasteiger partial charge is 0.399 e. The summed E-state index contributed by atoms with van der Waals surface area (Å²) in [6.07, 6.45) is 1.38. The average molecular weight is 281 g/mol. The molecule has 1 amide bonds. The van der Waals surface area contributed by atoms with Crippen LogP contribution in [0.1, 0.15) is 15.9 Å². The number of amides is 1. The third kappa shape index (κ3) is 2.97. The van der Waals surface area contributed by atoms with Gasteiger partial charge in [-0.25, -0.2) is 14.4 Å².